The molecule has 0 saturated carbocycles. The van der Waals surface area contributed by atoms with E-state index in [1.165, 1.54) is 0 Å². The third-order valence-corrected chi connectivity index (χ3v) is 4.58. The fourth-order valence-corrected chi connectivity index (χ4v) is 2.75. The Balaban J connectivity index is 1.58. The first-order valence-electron chi connectivity index (χ1n) is 8.63. The van der Waals surface area contributed by atoms with E-state index in [0.29, 0.717) is 23.4 Å². The molecule has 0 aromatic heterocycles. The van der Waals surface area contributed by atoms with Gasteiger partial charge in [0.25, 0.3) is 5.91 Å². The van der Waals surface area contributed by atoms with Crippen LogP contribution in [-0.2, 0) is 6.61 Å². The van der Waals surface area contributed by atoms with Crippen molar-refractivity contribution >= 4 is 27.5 Å². The molecular formula is C22H19BrN2O3. The van der Waals surface area contributed by atoms with Gasteiger partial charge in [-0.15, -0.1) is 0 Å². The van der Waals surface area contributed by atoms with Crippen LogP contribution in [0.15, 0.2) is 82.4 Å². The minimum atomic E-state index is -0.324. The summed E-state index contributed by atoms with van der Waals surface area (Å²) in [4.78, 5) is 12.3. The highest BCUT2D eigenvalue weighted by molar-refractivity contribution is 9.10. The van der Waals surface area contributed by atoms with Gasteiger partial charge in [-0.2, -0.15) is 5.10 Å². The van der Waals surface area contributed by atoms with E-state index in [4.69, 9.17) is 4.74 Å². The van der Waals surface area contributed by atoms with E-state index in [9.17, 15) is 9.90 Å². The zero-order valence-electron chi connectivity index (χ0n) is 15.2. The molecule has 0 atom stereocenters. The smallest absolute Gasteiger partial charge is 0.271 e. The number of halogens is 1. The van der Waals surface area contributed by atoms with Crippen LogP contribution in [0.25, 0.3) is 0 Å². The molecule has 142 valence electrons. The van der Waals surface area contributed by atoms with Gasteiger partial charge < -0.3 is 9.84 Å². The second-order valence-corrected chi connectivity index (χ2v) is 7.01. The molecular weight excluding hydrogens is 420 g/mol. The summed E-state index contributed by atoms with van der Waals surface area (Å²) in [6.45, 7) is 2.13. The molecule has 1 amide bonds. The number of nitrogens with one attached hydrogen (secondary N) is 1. The highest BCUT2D eigenvalue weighted by Gasteiger charge is 2.07. The predicted octanol–water partition coefficient (Wildman–Crippen LogP) is 4.89. The second-order valence-electron chi connectivity index (χ2n) is 6.09. The number of aromatic hydroxyl groups is 1. The second kappa shape index (κ2) is 9.19. The Morgan fingerprint density at radius 3 is 2.39 bits per heavy atom. The van der Waals surface area contributed by atoms with E-state index in [0.717, 1.165) is 15.8 Å². The molecule has 0 aliphatic rings. The minimum Gasteiger partial charge on any atom is -0.507 e. The van der Waals surface area contributed by atoms with Crippen molar-refractivity contribution in [3.63, 3.8) is 0 Å². The number of benzene rings is 3. The number of carbonyl (C=O) groups excluding carboxylic acids is 1. The summed E-state index contributed by atoms with van der Waals surface area (Å²) in [5.41, 5.74) is 5.04. The summed E-state index contributed by atoms with van der Waals surface area (Å²) in [7, 11) is 0. The van der Waals surface area contributed by atoms with Crippen molar-refractivity contribution in [2.75, 3.05) is 0 Å². The van der Waals surface area contributed by atoms with E-state index in [-0.39, 0.29) is 11.7 Å². The Kier molecular flexibility index (Phi) is 6.45. The molecule has 28 heavy (non-hydrogen) atoms. The standard InChI is InChI=1S/C22H19BrN2O3/c1-15(20-4-2-3-5-21(20)26)24-25-22(27)17-8-6-16(7-9-17)14-28-19-12-10-18(23)11-13-19/h2-13,26H,14H2,1H3,(H,25,27). The SMILES string of the molecule is CC(=NNC(=O)c1ccc(COc2ccc(Br)cc2)cc1)c1ccccc1O. The lowest BCUT2D eigenvalue weighted by molar-refractivity contribution is 0.0954. The number of rotatable bonds is 6. The minimum absolute atomic E-state index is 0.119. The summed E-state index contributed by atoms with van der Waals surface area (Å²) in [5.74, 6) is 0.572. The van der Waals surface area contributed by atoms with Crippen LogP contribution in [0.2, 0.25) is 0 Å². The molecule has 0 saturated heterocycles. The Morgan fingerprint density at radius 2 is 1.71 bits per heavy atom. The number of ether oxygens (including phenoxy) is 1. The molecule has 2 N–H and O–H groups in total. The van der Waals surface area contributed by atoms with E-state index in [1.807, 2.05) is 36.4 Å². The number of phenolic OH excluding ortho intramolecular Hbond substituents is 1. The zero-order chi connectivity index (χ0) is 19.9. The van der Waals surface area contributed by atoms with Gasteiger partial charge in [0.1, 0.15) is 18.1 Å². The number of amides is 1. The lowest BCUT2D eigenvalue weighted by Crippen LogP contribution is -2.19. The summed E-state index contributed by atoms with van der Waals surface area (Å²) in [6.07, 6.45) is 0. The van der Waals surface area contributed by atoms with Crippen LogP contribution in [0.4, 0.5) is 0 Å². The number of hydrazone groups is 1. The molecule has 0 spiro atoms. The lowest BCUT2D eigenvalue weighted by Gasteiger charge is -2.07. The van der Waals surface area contributed by atoms with Gasteiger partial charge in [-0.05, 0) is 61.0 Å². The molecule has 0 heterocycles. The zero-order valence-corrected chi connectivity index (χ0v) is 16.8. The summed E-state index contributed by atoms with van der Waals surface area (Å²) < 4.78 is 6.72. The first-order chi connectivity index (χ1) is 13.5. The third kappa shape index (κ3) is 5.20. The van der Waals surface area contributed by atoms with Crippen molar-refractivity contribution in [1.82, 2.24) is 5.43 Å². The fraction of sp³-hybridized carbons (Fsp3) is 0.0909. The van der Waals surface area contributed by atoms with Crippen molar-refractivity contribution in [2.24, 2.45) is 5.10 Å². The molecule has 0 fully saturated rings. The van der Waals surface area contributed by atoms with Gasteiger partial charge in [-0.25, -0.2) is 5.43 Å². The van der Waals surface area contributed by atoms with Crippen LogP contribution in [0.3, 0.4) is 0 Å². The van der Waals surface area contributed by atoms with Crippen molar-refractivity contribution in [2.45, 2.75) is 13.5 Å². The normalized spacial score (nSPS) is 11.1. The molecule has 0 radical (unpaired) electrons. The Morgan fingerprint density at radius 1 is 1.04 bits per heavy atom. The molecule has 3 aromatic carbocycles. The maximum atomic E-state index is 12.3. The average Bonchev–Trinajstić information content (AvgIpc) is 2.72. The Labute approximate surface area is 171 Å². The van der Waals surface area contributed by atoms with Crippen molar-refractivity contribution in [3.8, 4) is 11.5 Å². The van der Waals surface area contributed by atoms with Crippen LogP contribution in [-0.4, -0.2) is 16.7 Å². The maximum absolute atomic E-state index is 12.3. The average molecular weight is 439 g/mol. The fourth-order valence-electron chi connectivity index (χ4n) is 2.49. The monoisotopic (exact) mass is 438 g/mol. The molecule has 0 unspecified atom stereocenters. The maximum Gasteiger partial charge on any atom is 0.271 e. The highest BCUT2D eigenvalue weighted by Crippen LogP contribution is 2.18. The van der Waals surface area contributed by atoms with E-state index >= 15 is 0 Å². The van der Waals surface area contributed by atoms with Gasteiger partial charge in [0.2, 0.25) is 0 Å². The predicted molar refractivity (Wildman–Crippen MR) is 113 cm³/mol. The number of phenols is 1. The lowest BCUT2D eigenvalue weighted by atomic mass is 10.1. The van der Waals surface area contributed by atoms with Gasteiger partial charge in [0, 0.05) is 15.6 Å². The van der Waals surface area contributed by atoms with Gasteiger partial charge in [0.15, 0.2) is 0 Å². The number of hydrogen-bond acceptors (Lipinski definition) is 4. The molecule has 3 aromatic rings. The van der Waals surface area contributed by atoms with E-state index < -0.39 is 0 Å². The van der Waals surface area contributed by atoms with E-state index in [2.05, 4.69) is 26.5 Å². The van der Waals surface area contributed by atoms with Crippen molar-refractivity contribution < 1.29 is 14.6 Å². The number of hydrogen-bond donors (Lipinski definition) is 2. The highest BCUT2D eigenvalue weighted by atomic mass is 79.9. The summed E-state index contributed by atoms with van der Waals surface area (Å²) >= 11 is 3.39. The quantitative estimate of drug-likeness (QED) is 0.425. The van der Waals surface area contributed by atoms with Crippen molar-refractivity contribution in [3.05, 3.63) is 94.0 Å². The van der Waals surface area contributed by atoms with Crippen LogP contribution >= 0.6 is 15.9 Å². The number of para-hydroxylation sites is 1. The first-order valence-corrected chi connectivity index (χ1v) is 9.42. The van der Waals surface area contributed by atoms with Crippen LogP contribution in [0.5, 0.6) is 11.5 Å². The summed E-state index contributed by atoms with van der Waals surface area (Å²) in [6, 6.07) is 21.6. The van der Waals surface area contributed by atoms with Crippen LogP contribution < -0.4 is 10.2 Å². The van der Waals surface area contributed by atoms with Gasteiger partial charge in [0.05, 0.1) is 5.71 Å². The third-order valence-electron chi connectivity index (χ3n) is 4.05. The molecule has 3 rings (SSSR count). The Hall–Kier alpha value is -3.12. The van der Waals surface area contributed by atoms with E-state index in [1.54, 1.807) is 43.3 Å². The molecule has 0 aliphatic heterocycles. The Bertz CT molecular complexity index is 983. The molecule has 6 heteroatoms. The molecule has 5 nitrogen and oxygen atoms in total. The molecule has 0 aliphatic carbocycles. The van der Waals surface area contributed by atoms with Crippen LogP contribution in [0.1, 0.15) is 28.4 Å². The van der Waals surface area contributed by atoms with Gasteiger partial charge >= 0.3 is 0 Å². The summed E-state index contributed by atoms with van der Waals surface area (Å²) in [5, 5.41) is 13.9. The van der Waals surface area contributed by atoms with Gasteiger partial charge in [-0.1, -0.05) is 40.2 Å². The first kappa shape index (κ1) is 19.6. The number of nitrogens with zero attached hydrogens (tertiary/aromatic N) is 1. The number of carbonyl (C=O) groups is 1. The molecule has 0 bridgehead atoms. The largest absolute Gasteiger partial charge is 0.507 e. The topological polar surface area (TPSA) is 70.9 Å². The van der Waals surface area contributed by atoms with Crippen LogP contribution in [0, 0.1) is 0 Å². The van der Waals surface area contributed by atoms with Gasteiger partial charge in [-0.3, -0.25) is 4.79 Å². The van der Waals surface area contributed by atoms with Crippen molar-refractivity contribution in [1.29, 1.82) is 0 Å².